The first-order valence-corrected chi connectivity index (χ1v) is 8.63. The Labute approximate surface area is 150 Å². The van der Waals surface area contributed by atoms with Crippen LogP contribution in [-0.4, -0.2) is 19.0 Å². The van der Waals surface area contributed by atoms with Gasteiger partial charge in [-0.25, -0.2) is 0 Å². The molecule has 1 unspecified atom stereocenters. The summed E-state index contributed by atoms with van der Waals surface area (Å²) in [5.41, 5.74) is 3.84. The molecule has 4 nitrogen and oxygen atoms in total. The highest BCUT2D eigenvalue weighted by Gasteiger charge is 2.22. The standard InChI is InChI=1S/C21H25N3O/c1-15(2)19-9-5-18(6-10-19)14-24(4)16(3)21(25)23-20-11-7-17(13-22)8-12-20/h5-12,15-16H,14H2,1-4H3,(H,23,25)/p+1/t16-/m1/s1. The van der Waals surface area contributed by atoms with Crippen LogP contribution in [0.5, 0.6) is 0 Å². The molecule has 0 aliphatic carbocycles. The molecular weight excluding hydrogens is 310 g/mol. The summed E-state index contributed by atoms with van der Waals surface area (Å²) in [6, 6.07) is 17.4. The zero-order valence-electron chi connectivity index (χ0n) is 15.3. The summed E-state index contributed by atoms with van der Waals surface area (Å²) >= 11 is 0. The van der Waals surface area contributed by atoms with Crippen molar-refractivity contribution in [2.75, 3.05) is 12.4 Å². The molecule has 0 aliphatic heterocycles. The second-order valence-corrected chi connectivity index (χ2v) is 6.82. The summed E-state index contributed by atoms with van der Waals surface area (Å²) in [5.74, 6) is 0.497. The third kappa shape index (κ3) is 5.17. The van der Waals surface area contributed by atoms with Crippen molar-refractivity contribution in [3.63, 3.8) is 0 Å². The third-order valence-corrected chi connectivity index (χ3v) is 4.54. The minimum atomic E-state index is -0.180. The van der Waals surface area contributed by atoms with E-state index in [2.05, 4.69) is 49.5 Å². The monoisotopic (exact) mass is 336 g/mol. The average Bonchev–Trinajstić information content (AvgIpc) is 2.62. The zero-order chi connectivity index (χ0) is 18.4. The fourth-order valence-corrected chi connectivity index (χ4v) is 2.60. The normalized spacial score (nSPS) is 13.1. The molecule has 0 bridgehead atoms. The molecule has 130 valence electrons. The van der Waals surface area contributed by atoms with Crippen LogP contribution in [-0.2, 0) is 11.3 Å². The van der Waals surface area contributed by atoms with E-state index in [4.69, 9.17) is 5.26 Å². The molecular formula is C21H26N3O+. The largest absolute Gasteiger partial charge is 0.324 e. The SMILES string of the molecule is CC(C)c1ccc(C[NH+](C)[C@H](C)C(=O)Nc2ccc(C#N)cc2)cc1. The number of nitriles is 1. The first-order chi connectivity index (χ1) is 11.9. The van der Waals surface area contributed by atoms with Crippen molar-refractivity contribution in [1.29, 1.82) is 5.26 Å². The van der Waals surface area contributed by atoms with Crippen LogP contribution in [0.2, 0.25) is 0 Å². The van der Waals surface area contributed by atoms with E-state index in [-0.39, 0.29) is 11.9 Å². The van der Waals surface area contributed by atoms with Crippen molar-refractivity contribution >= 4 is 11.6 Å². The van der Waals surface area contributed by atoms with E-state index in [1.807, 2.05) is 14.0 Å². The average molecular weight is 336 g/mol. The molecule has 25 heavy (non-hydrogen) atoms. The number of amides is 1. The van der Waals surface area contributed by atoms with Crippen molar-refractivity contribution in [2.45, 2.75) is 39.3 Å². The lowest BCUT2D eigenvalue weighted by Gasteiger charge is -2.21. The van der Waals surface area contributed by atoms with Gasteiger partial charge in [0.2, 0.25) is 0 Å². The molecule has 0 radical (unpaired) electrons. The minimum Gasteiger partial charge on any atom is -0.324 e. The first kappa shape index (κ1) is 18.7. The van der Waals surface area contributed by atoms with Crippen LogP contribution >= 0.6 is 0 Å². The predicted octanol–water partition coefficient (Wildman–Crippen LogP) is 2.72. The maximum absolute atomic E-state index is 12.4. The summed E-state index contributed by atoms with van der Waals surface area (Å²) in [6.45, 7) is 7.08. The molecule has 0 fully saturated rings. The van der Waals surface area contributed by atoms with Crippen molar-refractivity contribution in [3.8, 4) is 6.07 Å². The predicted molar refractivity (Wildman–Crippen MR) is 100 cm³/mol. The van der Waals surface area contributed by atoms with Gasteiger partial charge in [0.1, 0.15) is 6.54 Å². The van der Waals surface area contributed by atoms with E-state index in [0.717, 1.165) is 11.4 Å². The van der Waals surface area contributed by atoms with E-state index >= 15 is 0 Å². The first-order valence-electron chi connectivity index (χ1n) is 8.63. The number of hydrogen-bond acceptors (Lipinski definition) is 2. The number of quaternary nitrogens is 1. The van der Waals surface area contributed by atoms with E-state index < -0.39 is 0 Å². The molecule has 2 rings (SSSR count). The van der Waals surface area contributed by atoms with Gasteiger partial charge in [-0.05, 0) is 42.7 Å². The molecule has 2 atom stereocenters. The highest BCUT2D eigenvalue weighted by Crippen LogP contribution is 2.14. The van der Waals surface area contributed by atoms with Gasteiger partial charge >= 0.3 is 0 Å². The van der Waals surface area contributed by atoms with Crippen LogP contribution < -0.4 is 10.2 Å². The smallest absolute Gasteiger partial charge is 0.282 e. The molecule has 0 aliphatic rings. The number of carbonyl (C=O) groups excluding carboxylic acids is 1. The lowest BCUT2D eigenvalue weighted by molar-refractivity contribution is -0.907. The number of hydrogen-bond donors (Lipinski definition) is 2. The highest BCUT2D eigenvalue weighted by molar-refractivity contribution is 5.93. The Morgan fingerprint density at radius 2 is 1.68 bits per heavy atom. The Morgan fingerprint density at radius 3 is 2.20 bits per heavy atom. The zero-order valence-corrected chi connectivity index (χ0v) is 15.3. The molecule has 1 amide bonds. The summed E-state index contributed by atoms with van der Waals surface area (Å²) < 4.78 is 0. The van der Waals surface area contributed by atoms with Gasteiger partial charge in [0.05, 0.1) is 18.7 Å². The lowest BCUT2D eigenvalue weighted by Crippen LogP contribution is -3.12. The van der Waals surface area contributed by atoms with Gasteiger partial charge in [0.15, 0.2) is 6.04 Å². The molecule has 0 heterocycles. The molecule has 4 heteroatoms. The topological polar surface area (TPSA) is 57.3 Å². The Bertz CT molecular complexity index is 742. The van der Waals surface area contributed by atoms with Crippen LogP contribution in [0.1, 0.15) is 43.4 Å². The summed E-state index contributed by atoms with van der Waals surface area (Å²) in [5, 5.41) is 11.7. The fourth-order valence-electron chi connectivity index (χ4n) is 2.60. The fraction of sp³-hybridized carbons (Fsp3) is 0.333. The summed E-state index contributed by atoms with van der Waals surface area (Å²) in [6.07, 6.45) is 0. The molecule has 2 aromatic carbocycles. The summed E-state index contributed by atoms with van der Waals surface area (Å²) in [7, 11) is 2.03. The molecule has 2 N–H and O–H groups in total. The van der Waals surface area contributed by atoms with E-state index in [1.54, 1.807) is 24.3 Å². The van der Waals surface area contributed by atoms with Crippen LogP contribution in [0.25, 0.3) is 0 Å². The van der Waals surface area contributed by atoms with Gasteiger partial charge in [0.25, 0.3) is 5.91 Å². The van der Waals surface area contributed by atoms with Crippen molar-refractivity contribution in [1.82, 2.24) is 0 Å². The molecule has 2 aromatic rings. The Balaban J connectivity index is 1.94. The van der Waals surface area contributed by atoms with Gasteiger partial charge in [0, 0.05) is 11.3 Å². The highest BCUT2D eigenvalue weighted by atomic mass is 16.2. The molecule has 0 aromatic heterocycles. The number of anilines is 1. The van der Waals surface area contributed by atoms with E-state index in [0.29, 0.717) is 17.2 Å². The van der Waals surface area contributed by atoms with Gasteiger partial charge in [-0.3, -0.25) is 4.79 Å². The second kappa shape index (κ2) is 8.46. The van der Waals surface area contributed by atoms with Crippen LogP contribution in [0.4, 0.5) is 5.69 Å². The number of rotatable bonds is 6. The van der Waals surface area contributed by atoms with Gasteiger partial charge in [-0.15, -0.1) is 0 Å². The second-order valence-electron chi connectivity index (χ2n) is 6.82. The van der Waals surface area contributed by atoms with Crippen LogP contribution in [0.3, 0.4) is 0 Å². The minimum absolute atomic E-state index is 0.0268. The molecule has 0 spiro atoms. The van der Waals surface area contributed by atoms with Crippen LogP contribution in [0.15, 0.2) is 48.5 Å². The Hall–Kier alpha value is -2.64. The maximum Gasteiger partial charge on any atom is 0.282 e. The number of nitrogens with zero attached hydrogens (tertiary/aromatic N) is 1. The van der Waals surface area contributed by atoms with E-state index in [1.165, 1.54) is 11.1 Å². The molecule has 0 saturated heterocycles. The maximum atomic E-state index is 12.4. The Kier molecular flexibility index (Phi) is 6.32. The van der Waals surface area contributed by atoms with Crippen molar-refractivity contribution < 1.29 is 9.69 Å². The number of carbonyl (C=O) groups is 1. The van der Waals surface area contributed by atoms with E-state index in [9.17, 15) is 4.79 Å². The van der Waals surface area contributed by atoms with Gasteiger partial charge in [-0.1, -0.05) is 38.1 Å². The van der Waals surface area contributed by atoms with Crippen LogP contribution in [0, 0.1) is 11.3 Å². The lowest BCUT2D eigenvalue weighted by atomic mass is 10.0. The molecule has 0 saturated carbocycles. The third-order valence-electron chi connectivity index (χ3n) is 4.54. The Morgan fingerprint density at radius 1 is 1.08 bits per heavy atom. The van der Waals surface area contributed by atoms with Crippen molar-refractivity contribution in [2.24, 2.45) is 0 Å². The quantitative estimate of drug-likeness (QED) is 0.852. The number of nitrogens with one attached hydrogen (secondary N) is 2. The number of likely N-dealkylation sites (N-methyl/N-ethyl adjacent to an activating group) is 1. The summed E-state index contributed by atoms with van der Waals surface area (Å²) in [4.78, 5) is 13.6. The van der Waals surface area contributed by atoms with Crippen molar-refractivity contribution in [3.05, 3.63) is 65.2 Å². The number of benzene rings is 2. The van der Waals surface area contributed by atoms with Gasteiger partial charge < -0.3 is 10.2 Å². The van der Waals surface area contributed by atoms with Gasteiger partial charge in [-0.2, -0.15) is 5.26 Å².